The molecule has 0 radical (unpaired) electrons. The Morgan fingerprint density at radius 3 is 2.28 bits per heavy atom. The molecule has 0 spiro atoms. The number of likely N-dealkylation sites (tertiary alicyclic amines) is 1. The van der Waals surface area contributed by atoms with Gasteiger partial charge in [0.2, 0.25) is 0 Å². The van der Waals surface area contributed by atoms with Crippen LogP contribution in [0.4, 0.5) is 5.69 Å². The lowest BCUT2D eigenvalue weighted by atomic mass is 10.0. The molecule has 0 aromatic heterocycles. The summed E-state index contributed by atoms with van der Waals surface area (Å²) in [5, 5.41) is 0. The zero-order valence-corrected chi connectivity index (χ0v) is 11.6. The second kappa shape index (κ2) is 6.21. The number of hydrogen-bond acceptors (Lipinski definition) is 3. The third kappa shape index (κ3) is 3.03. The van der Waals surface area contributed by atoms with Crippen LogP contribution in [-0.4, -0.2) is 38.6 Å². The highest BCUT2D eigenvalue weighted by atomic mass is 15.2. The van der Waals surface area contributed by atoms with Crippen LogP contribution in [0, 0.1) is 0 Å². The van der Waals surface area contributed by atoms with Crippen LogP contribution in [0.1, 0.15) is 30.9 Å². The quantitative estimate of drug-likeness (QED) is 0.866. The lowest BCUT2D eigenvalue weighted by Crippen LogP contribution is -2.27. The molecular formula is C15H25N3. The van der Waals surface area contributed by atoms with E-state index in [4.69, 9.17) is 5.73 Å². The van der Waals surface area contributed by atoms with Crippen LogP contribution in [0.25, 0.3) is 0 Å². The molecule has 1 aliphatic heterocycles. The monoisotopic (exact) mass is 247 g/mol. The van der Waals surface area contributed by atoms with Crippen molar-refractivity contribution in [3.63, 3.8) is 0 Å². The van der Waals surface area contributed by atoms with Crippen molar-refractivity contribution in [2.45, 2.75) is 25.3 Å². The molecule has 0 aliphatic carbocycles. The molecule has 0 saturated carbocycles. The van der Waals surface area contributed by atoms with Crippen LogP contribution in [0.2, 0.25) is 0 Å². The molecule has 1 aromatic carbocycles. The first kappa shape index (κ1) is 13.4. The number of rotatable bonds is 5. The van der Waals surface area contributed by atoms with Crippen molar-refractivity contribution in [2.24, 2.45) is 5.73 Å². The van der Waals surface area contributed by atoms with Crippen LogP contribution in [0.15, 0.2) is 24.3 Å². The molecule has 18 heavy (non-hydrogen) atoms. The minimum Gasteiger partial charge on any atom is -0.378 e. The molecule has 2 N–H and O–H groups in total. The second-order valence-corrected chi connectivity index (χ2v) is 5.32. The van der Waals surface area contributed by atoms with Gasteiger partial charge in [-0.3, -0.25) is 4.90 Å². The number of nitrogens with zero attached hydrogens (tertiary/aromatic N) is 2. The van der Waals surface area contributed by atoms with E-state index >= 15 is 0 Å². The first-order chi connectivity index (χ1) is 8.72. The van der Waals surface area contributed by atoms with E-state index in [-0.39, 0.29) is 0 Å². The van der Waals surface area contributed by atoms with Crippen molar-refractivity contribution in [1.82, 2.24) is 4.90 Å². The van der Waals surface area contributed by atoms with Crippen LogP contribution in [-0.2, 0) is 0 Å². The van der Waals surface area contributed by atoms with E-state index in [0.717, 1.165) is 13.0 Å². The summed E-state index contributed by atoms with van der Waals surface area (Å²) >= 11 is 0. The topological polar surface area (TPSA) is 32.5 Å². The van der Waals surface area contributed by atoms with E-state index in [1.54, 1.807) is 0 Å². The molecule has 1 aromatic rings. The number of nitrogens with two attached hydrogens (primary N) is 1. The Balaban J connectivity index is 2.14. The number of benzene rings is 1. The standard InChI is InChI=1S/C15H25N3/c1-17(2)14-7-5-13(6-8-14)15(9-10-16)18-11-3-4-12-18/h5-8,15H,3-4,9-12,16H2,1-2H3. The predicted molar refractivity (Wildman–Crippen MR) is 78.0 cm³/mol. The van der Waals surface area contributed by atoms with E-state index < -0.39 is 0 Å². The average molecular weight is 247 g/mol. The smallest absolute Gasteiger partial charge is 0.0361 e. The molecule has 100 valence electrons. The summed E-state index contributed by atoms with van der Waals surface area (Å²) in [6.07, 6.45) is 3.72. The van der Waals surface area contributed by atoms with E-state index in [0.29, 0.717) is 6.04 Å². The fourth-order valence-electron chi connectivity index (χ4n) is 2.77. The molecule has 1 atom stereocenters. The molecule has 0 amide bonds. The van der Waals surface area contributed by atoms with E-state index in [1.807, 2.05) is 0 Å². The molecule has 1 aliphatic rings. The fourth-order valence-corrected chi connectivity index (χ4v) is 2.77. The van der Waals surface area contributed by atoms with Gasteiger partial charge in [-0.15, -0.1) is 0 Å². The minimum absolute atomic E-state index is 0.508. The Morgan fingerprint density at radius 2 is 1.78 bits per heavy atom. The Labute approximate surface area is 111 Å². The summed E-state index contributed by atoms with van der Waals surface area (Å²) < 4.78 is 0. The van der Waals surface area contributed by atoms with Crippen LogP contribution < -0.4 is 10.6 Å². The first-order valence-corrected chi connectivity index (χ1v) is 6.94. The first-order valence-electron chi connectivity index (χ1n) is 6.94. The maximum atomic E-state index is 5.78. The van der Waals surface area contributed by atoms with Gasteiger partial charge in [0.15, 0.2) is 0 Å². The predicted octanol–water partition coefficient (Wildman–Crippen LogP) is 2.24. The molecule has 1 heterocycles. The average Bonchev–Trinajstić information content (AvgIpc) is 2.90. The Kier molecular flexibility index (Phi) is 4.61. The SMILES string of the molecule is CN(C)c1ccc(C(CCN)N2CCCC2)cc1. The maximum Gasteiger partial charge on any atom is 0.0361 e. The lowest BCUT2D eigenvalue weighted by Gasteiger charge is -2.28. The number of hydrogen-bond donors (Lipinski definition) is 1. The van der Waals surface area contributed by atoms with Gasteiger partial charge in [0.1, 0.15) is 0 Å². The van der Waals surface area contributed by atoms with Crippen molar-refractivity contribution in [1.29, 1.82) is 0 Å². The van der Waals surface area contributed by atoms with Gasteiger partial charge >= 0.3 is 0 Å². The van der Waals surface area contributed by atoms with Gasteiger partial charge in [-0.25, -0.2) is 0 Å². The molecule has 1 fully saturated rings. The summed E-state index contributed by atoms with van der Waals surface area (Å²) in [6, 6.07) is 9.43. The summed E-state index contributed by atoms with van der Waals surface area (Å²) in [7, 11) is 4.15. The van der Waals surface area contributed by atoms with Crippen molar-refractivity contribution in [3.05, 3.63) is 29.8 Å². The molecule has 3 nitrogen and oxygen atoms in total. The zero-order chi connectivity index (χ0) is 13.0. The molecule has 1 unspecified atom stereocenters. The van der Waals surface area contributed by atoms with E-state index in [1.165, 1.54) is 37.2 Å². The maximum absolute atomic E-state index is 5.78. The molecule has 1 saturated heterocycles. The van der Waals surface area contributed by atoms with Gasteiger partial charge in [-0.05, 0) is 56.6 Å². The van der Waals surface area contributed by atoms with Crippen molar-refractivity contribution in [3.8, 4) is 0 Å². The van der Waals surface area contributed by atoms with E-state index in [2.05, 4.69) is 48.2 Å². The highest BCUT2D eigenvalue weighted by molar-refractivity contribution is 5.46. The molecule has 2 rings (SSSR count). The van der Waals surface area contributed by atoms with Gasteiger partial charge in [-0.1, -0.05) is 12.1 Å². The van der Waals surface area contributed by atoms with Gasteiger partial charge in [0.25, 0.3) is 0 Å². The number of anilines is 1. The minimum atomic E-state index is 0.508. The second-order valence-electron chi connectivity index (χ2n) is 5.32. The molecule has 0 bridgehead atoms. The Bertz CT molecular complexity index is 353. The van der Waals surface area contributed by atoms with Gasteiger partial charge in [-0.2, -0.15) is 0 Å². The van der Waals surface area contributed by atoms with Gasteiger partial charge in [0.05, 0.1) is 0 Å². The summed E-state index contributed by atoms with van der Waals surface area (Å²) in [5.74, 6) is 0. The van der Waals surface area contributed by atoms with Crippen molar-refractivity contribution in [2.75, 3.05) is 38.6 Å². The third-order valence-corrected chi connectivity index (χ3v) is 3.82. The summed E-state index contributed by atoms with van der Waals surface area (Å²) in [6.45, 7) is 3.21. The molecular weight excluding hydrogens is 222 g/mol. The van der Waals surface area contributed by atoms with Crippen LogP contribution in [0.3, 0.4) is 0 Å². The fraction of sp³-hybridized carbons (Fsp3) is 0.600. The van der Waals surface area contributed by atoms with Crippen LogP contribution >= 0.6 is 0 Å². The zero-order valence-electron chi connectivity index (χ0n) is 11.6. The van der Waals surface area contributed by atoms with E-state index in [9.17, 15) is 0 Å². The lowest BCUT2D eigenvalue weighted by molar-refractivity contribution is 0.236. The van der Waals surface area contributed by atoms with Crippen molar-refractivity contribution >= 4 is 5.69 Å². The highest BCUT2D eigenvalue weighted by Crippen LogP contribution is 2.28. The largest absolute Gasteiger partial charge is 0.378 e. The van der Waals surface area contributed by atoms with Gasteiger partial charge < -0.3 is 10.6 Å². The normalized spacial score (nSPS) is 17.9. The summed E-state index contributed by atoms with van der Waals surface area (Å²) in [5.41, 5.74) is 8.44. The van der Waals surface area contributed by atoms with Gasteiger partial charge in [0, 0.05) is 25.8 Å². The molecule has 3 heteroatoms. The Hall–Kier alpha value is -1.06. The third-order valence-electron chi connectivity index (χ3n) is 3.82. The Morgan fingerprint density at radius 1 is 1.17 bits per heavy atom. The van der Waals surface area contributed by atoms with Crippen molar-refractivity contribution < 1.29 is 0 Å². The van der Waals surface area contributed by atoms with Crippen LogP contribution in [0.5, 0.6) is 0 Å². The summed E-state index contributed by atoms with van der Waals surface area (Å²) in [4.78, 5) is 4.72. The highest BCUT2D eigenvalue weighted by Gasteiger charge is 2.22.